The highest BCUT2D eigenvalue weighted by atomic mass is 32.1. The van der Waals surface area contributed by atoms with Crippen LogP contribution in [0.5, 0.6) is 0 Å². The number of rotatable bonds is 5. The molecular formula is C16H14N6O3S. The highest BCUT2D eigenvalue weighted by molar-refractivity contribution is 7.80. The molecule has 0 radical (unpaired) electrons. The number of para-hydroxylation sites is 1. The quantitative estimate of drug-likeness (QED) is 0.385. The lowest BCUT2D eigenvalue weighted by molar-refractivity contribution is -0.134. The Morgan fingerprint density at radius 1 is 1.15 bits per heavy atom. The average molecular weight is 370 g/mol. The number of fused-ring (bicyclic) bond motifs is 1. The molecule has 4 N–H and O–H groups in total. The van der Waals surface area contributed by atoms with Crippen LogP contribution in [-0.4, -0.2) is 38.7 Å². The van der Waals surface area contributed by atoms with Gasteiger partial charge in [0, 0.05) is 23.6 Å². The van der Waals surface area contributed by atoms with Crippen molar-refractivity contribution in [2.45, 2.75) is 6.42 Å². The Labute approximate surface area is 152 Å². The normalized spacial score (nSPS) is 15.2. The Hall–Kier alpha value is -3.27. The van der Waals surface area contributed by atoms with Crippen molar-refractivity contribution in [3.05, 3.63) is 41.9 Å². The molecular weight excluding hydrogens is 356 g/mol. The van der Waals surface area contributed by atoms with Gasteiger partial charge in [0.1, 0.15) is 5.92 Å². The first-order valence-corrected chi connectivity index (χ1v) is 8.28. The fourth-order valence-electron chi connectivity index (χ4n) is 2.76. The summed E-state index contributed by atoms with van der Waals surface area (Å²) >= 11 is 4.75. The number of carbonyl (C=O) groups excluding carboxylic acids is 2. The van der Waals surface area contributed by atoms with Gasteiger partial charge in [-0.2, -0.15) is 0 Å². The Morgan fingerprint density at radius 2 is 1.92 bits per heavy atom. The third-order valence-corrected chi connectivity index (χ3v) is 4.25. The summed E-state index contributed by atoms with van der Waals surface area (Å²) < 4.78 is 5.55. The summed E-state index contributed by atoms with van der Waals surface area (Å²) in [5.41, 5.74) is 2.07. The second-order valence-electron chi connectivity index (χ2n) is 5.78. The molecule has 1 saturated heterocycles. The van der Waals surface area contributed by atoms with E-state index in [1.165, 1.54) is 0 Å². The zero-order chi connectivity index (χ0) is 18.1. The first-order chi connectivity index (χ1) is 12.6. The third-order valence-electron chi connectivity index (χ3n) is 4.05. The molecule has 1 fully saturated rings. The number of hydrogen-bond donors (Lipinski definition) is 4. The van der Waals surface area contributed by atoms with Gasteiger partial charge >= 0.3 is 6.01 Å². The van der Waals surface area contributed by atoms with Crippen LogP contribution in [0.4, 0.5) is 6.01 Å². The van der Waals surface area contributed by atoms with E-state index < -0.39 is 17.7 Å². The standard InChI is InChI=1S/C16H14N6O3S/c23-13-10(14(24)20-16(26)19-13)7-18-15-22-21-12(25-15)5-8-6-17-11-4-2-1-3-9(8)11/h1-4,6,10,17H,5,7H2,(H,18,22)(H2,19,20,23,24,26). The van der Waals surface area contributed by atoms with E-state index >= 15 is 0 Å². The molecule has 1 aliphatic rings. The third kappa shape index (κ3) is 3.14. The second kappa shape index (κ2) is 6.56. The number of H-pyrrole nitrogens is 1. The molecule has 0 unspecified atom stereocenters. The minimum absolute atomic E-state index is 0.00931. The number of benzene rings is 1. The minimum atomic E-state index is -0.925. The molecule has 26 heavy (non-hydrogen) atoms. The van der Waals surface area contributed by atoms with Crippen LogP contribution in [0.25, 0.3) is 10.9 Å². The lowest BCUT2D eigenvalue weighted by Crippen LogP contribution is -2.57. The summed E-state index contributed by atoms with van der Waals surface area (Å²) in [5.74, 6) is -1.43. The summed E-state index contributed by atoms with van der Waals surface area (Å²) in [6.45, 7) is 0.0228. The number of nitrogens with zero attached hydrogens (tertiary/aromatic N) is 2. The van der Waals surface area contributed by atoms with Crippen LogP contribution < -0.4 is 16.0 Å². The van der Waals surface area contributed by atoms with Crippen molar-refractivity contribution in [2.24, 2.45) is 5.92 Å². The number of hydrogen-bond acceptors (Lipinski definition) is 7. The van der Waals surface area contributed by atoms with Crippen molar-refractivity contribution in [2.75, 3.05) is 11.9 Å². The van der Waals surface area contributed by atoms with Crippen LogP contribution in [-0.2, 0) is 16.0 Å². The maximum atomic E-state index is 11.8. The van der Waals surface area contributed by atoms with Crippen molar-refractivity contribution in [1.29, 1.82) is 0 Å². The Morgan fingerprint density at radius 3 is 2.73 bits per heavy atom. The molecule has 1 aromatic carbocycles. The van der Waals surface area contributed by atoms with Gasteiger partial charge in [-0.25, -0.2) is 0 Å². The lowest BCUT2D eigenvalue weighted by Gasteiger charge is -2.22. The summed E-state index contributed by atoms with van der Waals surface area (Å²) in [6, 6.07) is 8.08. The van der Waals surface area contributed by atoms with E-state index in [4.69, 9.17) is 16.6 Å². The van der Waals surface area contributed by atoms with Crippen molar-refractivity contribution < 1.29 is 14.0 Å². The first kappa shape index (κ1) is 16.2. The fraction of sp³-hybridized carbons (Fsp3) is 0.188. The number of aromatic amines is 1. The number of nitrogens with one attached hydrogen (secondary N) is 4. The number of anilines is 1. The van der Waals surface area contributed by atoms with E-state index in [1.807, 2.05) is 30.5 Å². The monoisotopic (exact) mass is 370 g/mol. The van der Waals surface area contributed by atoms with E-state index in [1.54, 1.807) is 0 Å². The molecule has 3 aromatic rings. The highest BCUT2D eigenvalue weighted by Crippen LogP contribution is 2.21. The Kier molecular flexibility index (Phi) is 4.09. The van der Waals surface area contributed by atoms with Crippen molar-refractivity contribution in [1.82, 2.24) is 25.8 Å². The molecule has 0 aliphatic carbocycles. The van der Waals surface area contributed by atoms with E-state index in [9.17, 15) is 9.59 Å². The van der Waals surface area contributed by atoms with Crippen LogP contribution in [0.15, 0.2) is 34.9 Å². The summed E-state index contributed by atoms with van der Waals surface area (Å²) in [7, 11) is 0. The van der Waals surface area contributed by atoms with Gasteiger partial charge in [-0.1, -0.05) is 23.3 Å². The molecule has 2 amide bonds. The van der Waals surface area contributed by atoms with Gasteiger partial charge in [0.25, 0.3) is 0 Å². The number of aromatic nitrogens is 3. The molecule has 0 saturated carbocycles. The smallest absolute Gasteiger partial charge is 0.315 e. The number of carbonyl (C=O) groups is 2. The first-order valence-electron chi connectivity index (χ1n) is 7.87. The average Bonchev–Trinajstić information content (AvgIpc) is 3.22. The second-order valence-corrected chi connectivity index (χ2v) is 6.19. The molecule has 2 aromatic heterocycles. The van der Waals surface area contributed by atoms with Crippen LogP contribution in [0.3, 0.4) is 0 Å². The Balaban J connectivity index is 1.41. The SMILES string of the molecule is O=C1NC(=S)NC(=O)C1CNc1nnc(Cc2c[nH]c3ccccc23)o1. The predicted molar refractivity (Wildman–Crippen MR) is 96.3 cm³/mol. The van der Waals surface area contributed by atoms with Crippen LogP contribution in [0, 0.1) is 5.92 Å². The molecule has 0 bridgehead atoms. The maximum Gasteiger partial charge on any atom is 0.315 e. The molecule has 132 valence electrons. The number of thiocarbonyl (C=S) groups is 1. The molecule has 10 heteroatoms. The van der Waals surface area contributed by atoms with Crippen LogP contribution in [0.1, 0.15) is 11.5 Å². The van der Waals surface area contributed by atoms with Crippen molar-refractivity contribution >= 4 is 46.1 Å². The summed E-state index contributed by atoms with van der Waals surface area (Å²) in [6.07, 6.45) is 2.37. The fourth-order valence-corrected chi connectivity index (χ4v) is 2.96. The van der Waals surface area contributed by atoms with Crippen LogP contribution >= 0.6 is 12.2 Å². The van der Waals surface area contributed by atoms with E-state index in [2.05, 4.69) is 31.1 Å². The molecule has 1 aliphatic heterocycles. The molecule has 9 nitrogen and oxygen atoms in total. The topological polar surface area (TPSA) is 125 Å². The van der Waals surface area contributed by atoms with Gasteiger partial charge in [-0.3, -0.25) is 9.59 Å². The largest absolute Gasteiger partial charge is 0.408 e. The van der Waals surface area contributed by atoms with Crippen molar-refractivity contribution in [3.63, 3.8) is 0 Å². The van der Waals surface area contributed by atoms with Gasteiger partial charge in [0.2, 0.25) is 17.7 Å². The van der Waals surface area contributed by atoms with Gasteiger partial charge in [-0.15, -0.1) is 5.10 Å². The number of amides is 2. The van der Waals surface area contributed by atoms with E-state index in [0.717, 1.165) is 16.5 Å². The minimum Gasteiger partial charge on any atom is -0.408 e. The van der Waals surface area contributed by atoms with Gasteiger partial charge in [0.05, 0.1) is 6.42 Å². The maximum absolute atomic E-state index is 11.8. The summed E-state index contributed by atoms with van der Waals surface area (Å²) in [5, 5.41) is 16.6. The van der Waals surface area contributed by atoms with Crippen molar-refractivity contribution in [3.8, 4) is 0 Å². The van der Waals surface area contributed by atoms with Gasteiger partial charge in [0.15, 0.2) is 5.11 Å². The zero-order valence-electron chi connectivity index (χ0n) is 13.4. The van der Waals surface area contributed by atoms with E-state index in [0.29, 0.717) is 12.3 Å². The van der Waals surface area contributed by atoms with E-state index in [-0.39, 0.29) is 17.7 Å². The predicted octanol–water partition coefficient (Wildman–Crippen LogP) is 0.701. The molecule has 4 rings (SSSR count). The highest BCUT2D eigenvalue weighted by Gasteiger charge is 2.32. The van der Waals surface area contributed by atoms with Gasteiger partial charge in [-0.05, 0) is 23.8 Å². The van der Waals surface area contributed by atoms with Crippen LogP contribution in [0.2, 0.25) is 0 Å². The molecule has 0 spiro atoms. The molecule has 0 atom stereocenters. The Bertz CT molecular complexity index is 990. The summed E-state index contributed by atoms with van der Waals surface area (Å²) in [4.78, 5) is 26.8. The molecule has 3 heterocycles. The van der Waals surface area contributed by atoms with Gasteiger partial charge < -0.3 is 25.4 Å². The lowest BCUT2D eigenvalue weighted by atomic mass is 10.1. The zero-order valence-corrected chi connectivity index (χ0v) is 14.2.